The summed E-state index contributed by atoms with van der Waals surface area (Å²) < 4.78 is 0. The molecule has 7 nitrogen and oxygen atoms in total. The third-order valence-electron chi connectivity index (χ3n) is 5.48. The van der Waals surface area contributed by atoms with Crippen molar-refractivity contribution in [3.8, 4) is 0 Å². The summed E-state index contributed by atoms with van der Waals surface area (Å²) >= 11 is 0. The summed E-state index contributed by atoms with van der Waals surface area (Å²) in [6.07, 6.45) is 0.739. The van der Waals surface area contributed by atoms with Gasteiger partial charge in [0.15, 0.2) is 0 Å². The van der Waals surface area contributed by atoms with E-state index in [-0.39, 0.29) is 16.6 Å². The summed E-state index contributed by atoms with van der Waals surface area (Å²) in [6.45, 7) is 2.09. The lowest BCUT2D eigenvalue weighted by Crippen LogP contribution is -2.50. The second-order valence-corrected chi connectivity index (χ2v) is 7.47. The Morgan fingerprint density at radius 1 is 0.871 bits per heavy atom. The molecular weight excluding hydrogens is 392 g/mol. The van der Waals surface area contributed by atoms with Gasteiger partial charge in [-0.15, -0.1) is 0 Å². The molecule has 1 fully saturated rings. The first-order valence-electron chi connectivity index (χ1n) is 10.3. The number of amides is 2. The zero-order valence-corrected chi connectivity index (χ0v) is 17.1. The van der Waals surface area contributed by atoms with E-state index in [0.29, 0.717) is 31.9 Å². The van der Waals surface area contributed by atoms with E-state index in [1.807, 2.05) is 47.4 Å². The Bertz CT molecular complexity index is 1060. The molecule has 1 saturated heterocycles. The highest BCUT2D eigenvalue weighted by Crippen LogP contribution is 2.28. The van der Waals surface area contributed by atoms with Gasteiger partial charge in [0, 0.05) is 37.9 Å². The Hall–Kier alpha value is -3.87. The standard InChI is InChI=1S/C24H24N4O3/c29-24(25-21-11-5-4-10-20(21)18-19-8-2-1-3-9-19)27-16-14-26(15-17-27)22-12-6-7-13-23(22)28(30)31/h1-13H,14-18H2,(H,25,29). The Morgan fingerprint density at radius 2 is 1.52 bits per heavy atom. The van der Waals surface area contributed by atoms with Gasteiger partial charge in [-0.2, -0.15) is 0 Å². The molecule has 1 aliphatic heterocycles. The molecule has 3 aromatic rings. The van der Waals surface area contributed by atoms with Gasteiger partial charge >= 0.3 is 6.03 Å². The Kier molecular flexibility index (Phi) is 6.12. The van der Waals surface area contributed by atoms with Gasteiger partial charge in [0.05, 0.1) is 4.92 Å². The molecule has 0 saturated carbocycles. The number of hydrogen-bond donors (Lipinski definition) is 1. The predicted octanol–water partition coefficient (Wildman–Crippen LogP) is 4.54. The first-order valence-corrected chi connectivity index (χ1v) is 10.3. The maximum Gasteiger partial charge on any atom is 0.321 e. The number of hydrogen-bond acceptors (Lipinski definition) is 4. The third-order valence-corrected chi connectivity index (χ3v) is 5.48. The van der Waals surface area contributed by atoms with Gasteiger partial charge in [-0.3, -0.25) is 10.1 Å². The summed E-state index contributed by atoms with van der Waals surface area (Å²) in [4.78, 5) is 27.5. The van der Waals surface area contributed by atoms with Crippen LogP contribution in [0.2, 0.25) is 0 Å². The number of para-hydroxylation sites is 3. The van der Waals surface area contributed by atoms with E-state index >= 15 is 0 Å². The maximum atomic E-state index is 12.9. The molecular formula is C24H24N4O3. The van der Waals surface area contributed by atoms with E-state index in [9.17, 15) is 14.9 Å². The van der Waals surface area contributed by atoms with Crippen molar-refractivity contribution >= 4 is 23.1 Å². The number of carbonyl (C=O) groups excluding carboxylic acids is 1. The molecule has 7 heteroatoms. The van der Waals surface area contributed by atoms with E-state index in [4.69, 9.17) is 0 Å². The van der Waals surface area contributed by atoms with Crippen molar-refractivity contribution < 1.29 is 9.72 Å². The van der Waals surface area contributed by atoms with E-state index in [2.05, 4.69) is 17.4 Å². The average Bonchev–Trinajstić information content (AvgIpc) is 2.81. The van der Waals surface area contributed by atoms with E-state index in [0.717, 1.165) is 17.7 Å². The van der Waals surface area contributed by atoms with Crippen LogP contribution >= 0.6 is 0 Å². The topological polar surface area (TPSA) is 78.7 Å². The summed E-state index contributed by atoms with van der Waals surface area (Å²) in [5.74, 6) is 0. The minimum absolute atomic E-state index is 0.0928. The molecule has 1 N–H and O–H groups in total. The first-order chi connectivity index (χ1) is 15.1. The molecule has 158 valence electrons. The van der Waals surface area contributed by atoms with Gasteiger partial charge in [0.2, 0.25) is 0 Å². The van der Waals surface area contributed by atoms with Crippen LogP contribution in [0.1, 0.15) is 11.1 Å². The lowest BCUT2D eigenvalue weighted by atomic mass is 10.0. The predicted molar refractivity (Wildman–Crippen MR) is 122 cm³/mol. The number of piperazine rings is 1. The third kappa shape index (κ3) is 4.83. The van der Waals surface area contributed by atoms with Crippen LogP contribution in [0.5, 0.6) is 0 Å². The molecule has 4 rings (SSSR count). The van der Waals surface area contributed by atoms with Crippen LogP contribution in [-0.4, -0.2) is 42.0 Å². The van der Waals surface area contributed by atoms with Gasteiger partial charge in [-0.25, -0.2) is 4.79 Å². The Morgan fingerprint density at radius 3 is 2.26 bits per heavy atom. The largest absolute Gasteiger partial charge is 0.362 e. The van der Waals surface area contributed by atoms with E-state index in [1.165, 1.54) is 11.6 Å². The molecule has 0 atom stereocenters. The molecule has 0 spiro atoms. The van der Waals surface area contributed by atoms with Crippen LogP contribution in [0.4, 0.5) is 21.9 Å². The van der Waals surface area contributed by atoms with Crippen LogP contribution in [-0.2, 0) is 6.42 Å². The highest BCUT2D eigenvalue weighted by molar-refractivity contribution is 5.90. The smallest absolute Gasteiger partial charge is 0.321 e. The number of nitro benzene ring substituents is 1. The van der Waals surface area contributed by atoms with Crippen molar-refractivity contribution in [3.63, 3.8) is 0 Å². The molecule has 0 aromatic heterocycles. The molecule has 0 aliphatic carbocycles. The number of benzene rings is 3. The van der Waals surface area contributed by atoms with Crippen molar-refractivity contribution in [2.75, 3.05) is 36.4 Å². The van der Waals surface area contributed by atoms with Crippen LogP contribution < -0.4 is 10.2 Å². The summed E-state index contributed by atoms with van der Waals surface area (Å²) in [7, 11) is 0. The van der Waals surface area contributed by atoms with Crippen molar-refractivity contribution in [3.05, 3.63) is 100 Å². The normalized spacial score (nSPS) is 13.7. The first kappa shape index (κ1) is 20.4. The minimum atomic E-state index is -0.363. The summed E-state index contributed by atoms with van der Waals surface area (Å²) in [5, 5.41) is 14.4. The van der Waals surface area contributed by atoms with Crippen LogP contribution in [0.3, 0.4) is 0 Å². The van der Waals surface area contributed by atoms with Crippen molar-refractivity contribution in [2.24, 2.45) is 0 Å². The number of carbonyl (C=O) groups is 1. The Balaban J connectivity index is 1.40. The second kappa shape index (κ2) is 9.30. The SMILES string of the molecule is O=C(Nc1ccccc1Cc1ccccc1)N1CCN(c2ccccc2[N+](=O)[O-])CC1. The van der Waals surface area contributed by atoms with Crippen molar-refractivity contribution in [2.45, 2.75) is 6.42 Å². The second-order valence-electron chi connectivity index (χ2n) is 7.47. The molecule has 1 aliphatic rings. The fraction of sp³-hybridized carbons (Fsp3) is 0.208. The van der Waals surface area contributed by atoms with Crippen molar-refractivity contribution in [1.82, 2.24) is 4.90 Å². The fourth-order valence-corrected chi connectivity index (χ4v) is 3.84. The van der Waals surface area contributed by atoms with Gasteiger partial charge in [0.1, 0.15) is 5.69 Å². The average molecular weight is 416 g/mol. The lowest BCUT2D eigenvalue weighted by molar-refractivity contribution is -0.384. The van der Waals surface area contributed by atoms with Gasteiger partial charge in [-0.05, 0) is 29.7 Å². The van der Waals surface area contributed by atoms with E-state index in [1.54, 1.807) is 23.1 Å². The number of nitrogens with one attached hydrogen (secondary N) is 1. The monoisotopic (exact) mass is 416 g/mol. The van der Waals surface area contributed by atoms with Crippen molar-refractivity contribution in [1.29, 1.82) is 0 Å². The number of urea groups is 1. The van der Waals surface area contributed by atoms with Crippen LogP contribution in [0.25, 0.3) is 0 Å². The molecule has 0 bridgehead atoms. The number of anilines is 2. The summed E-state index contributed by atoms with van der Waals surface area (Å²) in [5.41, 5.74) is 3.73. The van der Waals surface area contributed by atoms with Gasteiger partial charge < -0.3 is 15.1 Å². The highest BCUT2D eigenvalue weighted by atomic mass is 16.6. The van der Waals surface area contributed by atoms with Crippen LogP contribution in [0.15, 0.2) is 78.9 Å². The number of rotatable bonds is 5. The minimum Gasteiger partial charge on any atom is -0.362 e. The highest BCUT2D eigenvalue weighted by Gasteiger charge is 2.25. The molecule has 0 radical (unpaired) electrons. The summed E-state index contributed by atoms with van der Waals surface area (Å²) in [6, 6.07) is 24.5. The maximum absolute atomic E-state index is 12.9. The van der Waals surface area contributed by atoms with Gasteiger partial charge in [-0.1, -0.05) is 60.7 Å². The van der Waals surface area contributed by atoms with E-state index < -0.39 is 0 Å². The van der Waals surface area contributed by atoms with Gasteiger partial charge in [0.25, 0.3) is 5.69 Å². The molecule has 31 heavy (non-hydrogen) atoms. The molecule has 0 unspecified atom stereocenters. The Labute approximate surface area is 181 Å². The fourth-order valence-electron chi connectivity index (χ4n) is 3.84. The number of nitro groups is 1. The lowest BCUT2D eigenvalue weighted by Gasteiger charge is -2.35. The number of nitrogens with zero attached hydrogens (tertiary/aromatic N) is 3. The molecule has 1 heterocycles. The van der Waals surface area contributed by atoms with Crippen LogP contribution in [0, 0.1) is 10.1 Å². The molecule has 3 aromatic carbocycles. The zero-order chi connectivity index (χ0) is 21.6. The zero-order valence-electron chi connectivity index (χ0n) is 17.1. The quantitative estimate of drug-likeness (QED) is 0.489. The molecule has 2 amide bonds.